The maximum atomic E-state index is 12.7. The number of hydrogen-bond donors (Lipinski definition) is 3. The molecule has 2 aliphatic heterocycles. The van der Waals surface area contributed by atoms with Crippen LogP contribution in [0.5, 0.6) is 0 Å². The first-order chi connectivity index (χ1) is 13.8. The molecule has 0 atom stereocenters. The summed E-state index contributed by atoms with van der Waals surface area (Å²) in [5.41, 5.74) is 9.56. The predicted molar refractivity (Wildman–Crippen MR) is 125 cm³/mol. The molecule has 0 saturated carbocycles. The fraction of sp³-hybridized carbons (Fsp3) is 0.364. The van der Waals surface area contributed by atoms with Crippen molar-refractivity contribution in [3.63, 3.8) is 0 Å². The van der Waals surface area contributed by atoms with Gasteiger partial charge in [-0.2, -0.15) is 0 Å². The summed E-state index contributed by atoms with van der Waals surface area (Å²) in [6, 6.07) is 15.9. The van der Waals surface area contributed by atoms with E-state index in [-0.39, 0.29) is 18.2 Å². The standard InChI is InChI=1S/C22H27N5O.2H3N/c23-17-24-20-9-8-19(16-21(20)26-10-4-5-11-26)25-12-14-27(15-13-25)22(28)18-6-2-1-3-7-18;;/h1-3,6-9,16-17H,4-5,10-15H2,(H2,23,24);2*1H3. The molecule has 0 aliphatic carbocycles. The molecule has 0 radical (unpaired) electrons. The second kappa shape index (κ2) is 10.6. The first kappa shape index (κ1) is 23.2. The molecule has 8 N–H and O–H groups in total. The molecule has 0 unspecified atom stereocenters. The van der Waals surface area contributed by atoms with Gasteiger partial charge in [0.05, 0.1) is 17.7 Å². The lowest BCUT2D eigenvalue weighted by molar-refractivity contribution is 0.0747. The van der Waals surface area contributed by atoms with Crippen LogP contribution >= 0.6 is 0 Å². The van der Waals surface area contributed by atoms with Crippen molar-refractivity contribution >= 4 is 29.3 Å². The molecular weight excluding hydrogens is 378 g/mol. The second-order valence-electron chi connectivity index (χ2n) is 7.29. The van der Waals surface area contributed by atoms with Gasteiger partial charge in [0.1, 0.15) is 0 Å². The third-order valence-electron chi connectivity index (χ3n) is 5.57. The van der Waals surface area contributed by atoms with Gasteiger partial charge in [-0.05, 0) is 43.2 Å². The highest BCUT2D eigenvalue weighted by Crippen LogP contribution is 2.35. The minimum atomic E-state index is 0. The molecular formula is C22H33N7O. The van der Waals surface area contributed by atoms with E-state index >= 15 is 0 Å². The summed E-state index contributed by atoms with van der Waals surface area (Å²) in [6.07, 6.45) is 3.80. The smallest absolute Gasteiger partial charge is 0.253 e. The van der Waals surface area contributed by atoms with Crippen LogP contribution in [0.1, 0.15) is 23.2 Å². The topological polar surface area (TPSA) is 135 Å². The Kier molecular flexibility index (Phi) is 8.20. The van der Waals surface area contributed by atoms with Crippen molar-refractivity contribution in [1.29, 1.82) is 0 Å². The van der Waals surface area contributed by atoms with Crippen LogP contribution in [0.3, 0.4) is 0 Å². The van der Waals surface area contributed by atoms with Gasteiger partial charge < -0.3 is 32.7 Å². The summed E-state index contributed by atoms with van der Waals surface area (Å²) >= 11 is 0. The highest BCUT2D eigenvalue weighted by molar-refractivity contribution is 5.94. The van der Waals surface area contributed by atoms with Gasteiger partial charge in [-0.1, -0.05) is 18.2 Å². The fourth-order valence-corrected chi connectivity index (χ4v) is 4.04. The Bertz CT molecular complexity index is 842. The Balaban J connectivity index is 0.00000160. The van der Waals surface area contributed by atoms with Crippen LogP contribution in [0.15, 0.2) is 53.5 Å². The summed E-state index contributed by atoms with van der Waals surface area (Å²) in [7, 11) is 0. The normalized spacial score (nSPS) is 16.3. The van der Waals surface area contributed by atoms with Crippen molar-refractivity contribution in [1.82, 2.24) is 17.2 Å². The summed E-state index contributed by atoms with van der Waals surface area (Å²) in [6.45, 7) is 5.26. The van der Waals surface area contributed by atoms with Gasteiger partial charge in [-0.25, -0.2) is 4.99 Å². The molecule has 2 aromatic rings. The van der Waals surface area contributed by atoms with Crippen molar-refractivity contribution in [2.45, 2.75) is 12.8 Å². The van der Waals surface area contributed by atoms with E-state index in [9.17, 15) is 4.79 Å². The van der Waals surface area contributed by atoms with E-state index in [0.29, 0.717) is 0 Å². The van der Waals surface area contributed by atoms with Crippen LogP contribution in [0.4, 0.5) is 17.1 Å². The quantitative estimate of drug-likeness (QED) is 0.522. The number of nitrogens with zero attached hydrogens (tertiary/aromatic N) is 4. The van der Waals surface area contributed by atoms with E-state index in [2.05, 4.69) is 26.9 Å². The third kappa shape index (κ3) is 4.90. The lowest BCUT2D eigenvalue weighted by atomic mass is 10.1. The van der Waals surface area contributed by atoms with Crippen molar-refractivity contribution in [3.8, 4) is 0 Å². The monoisotopic (exact) mass is 411 g/mol. The number of rotatable bonds is 4. The lowest BCUT2D eigenvalue weighted by Gasteiger charge is -2.36. The molecule has 0 aromatic heterocycles. The van der Waals surface area contributed by atoms with E-state index in [1.165, 1.54) is 24.9 Å². The minimum Gasteiger partial charge on any atom is -0.390 e. The van der Waals surface area contributed by atoms with E-state index in [0.717, 1.165) is 56.2 Å². The van der Waals surface area contributed by atoms with Gasteiger partial charge in [0, 0.05) is 50.5 Å². The Morgan fingerprint density at radius 3 is 2.17 bits per heavy atom. The number of carbonyl (C=O) groups is 1. The Hall–Kier alpha value is -3.10. The molecule has 0 spiro atoms. The van der Waals surface area contributed by atoms with E-state index in [1.54, 1.807) is 0 Å². The minimum absolute atomic E-state index is 0. The van der Waals surface area contributed by atoms with Gasteiger partial charge >= 0.3 is 0 Å². The summed E-state index contributed by atoms with van der Waals surface area (Å²) in [4.78, 5) is 23.7. The molecule has 2 fully saturated rings. The van der Waals surface area contributed by atoms with Crippen LogP contribution < -0.4 is 27.8 Å². The SMILES string of the molecule is N.N.NC=Nc1ccc(N2CCN(C(=O)c3ccccc3)CC2)cc1N1CCCC1. The van der Waals surface area contributed by atoms with E-state index in [4.69, 9.17) is 5.73 Å². The predicted octanol–water partition coefficient (Wildman–Crippen LogP) is 3.19. The number of amides is 1. The van der Waals surface area contributed by atoms with Gasteiger partial charge in [0.2, 0.25) is 0 Å². The molecule has 8 nitrogen and oxygen atoms in total. The van der Waals surface area contributed by atoms with Crippen molar-refractivity contribution in [2.75, 3.05) is 49.1 Å². The zero-order valence-corrected chi connectivity index (χ0v) is 17.5. The number of aliphatic imine (C=N–C) groups is 1. The van der Waals surface area contributed by atoms with Crippen LogP contribution in [0.25, 0.3) is 0 Å². The number of carbonyl (C=O) groups excluding carboxylic acids is 1. The average Bonchev–Trinajstić information content (AvgIpc) is 3.29. The van der Waals surface area contributed by atoms with Crippen LogP contribution in [0, 0.1) is 0 Å². The van der Waals surface area contributed by atoms with Crippen molar-refractivity contribution in [3.05, 3.63) is 54.1 Å². The van der Waals surface area contributed by atoms with E-state index in [1.807, 2.05) is 41.3 Å². The Labute approximate surface area is 178 Å². The van der Waals surface area contributed by atoms with Crippen LogP contribution in [0.2, 0.25) is 0 Å². The van der Waals surface area contributed by atoms with Crippen LogP contribution in [-0.2, 0) is 0 Å². The number of nitrogens with two attached hydrogens (primary N) is 1. The third-order valence-corrected chi connectivity index (χ3v) is 5.57. The summed E-state index contributed by atoms with van der Waals surface area (Å²) in [5, 5.41) is 0. The maximum Gasteiger partial charge on any atom is 0.253 e. The molecule has 30 heavy (non-hydrogen) atoms. The molecule has 1 amide bonds. The molecule has 8 heteroatoms. The maximum absolute atomic E-state index is 12.7. The molecule has 2 aromatic carbocycles. The first-order valence-corrected chi connectivity index (χ1v) is 9.99. The summed E-state index contributed by atoms with van der Waals surface area (Å²) in [5.74, 6) is 0.116. The fourth-order valence-electron chi connectivity index (χ4n) is 4.04. The number of anilines is 2. The zero-order valence-electron chi connectivity index (χ0n) is 17.5. The lowest BCUT2D eigenvalue weighted by Crippen LogP contribution is -2.48. The first-order valence-electron chi connectivity index (χ1n) is 9.99. The summed E-state index contributed by atoms with van der Waals surface area (Å²) < 4.78 is 0. The second-order valence-corrected chi connectivity index (χ2v) is 7.29. The van der Waals surface area contributed by atoms with Crippen LogP contribution in [-0.4, -0.2) is 56.4 Å². The molecule has 2 heterocycles. The number of hydrogen-bond acceptors (Lipinski definition) is 6. The molecule has 4 rings (SSSR count). The number of piperazine rings is 1. The molecule has 2 saturated heterocycles. The largest absolute Gasteiger partial charge is 0.390 e. The number of benzene rings is 2. The zero-order chi connectivity index (χ0) is 19.3. The van der Waals surface area contributed by atoms with Gasteiger partial charge in [-0.3, -0.25) is 4.79 Å². The van der Waals surface area contributed by atoms with Gasteiger partial charge in [0.25, 0.3) is 5.91 Å². The van der Waals surface area contributed by atoms with Gasteiger partial charge in [0.15, 0.2) is 0 Å². The van der Waals surface area contributed by atoms with Crippen molar-refractivity contribution in [2.24, 2.45) is 10.7 Å². The van der Waals surface area contributed by atoms with Gasteiger partial charge in [-0.15, -0.1) is 0 Å². The van der Waals surface area contributed by atoms with Crippen molar-refractivity contribution < 1.29 is 4.79 Å². The molecule has 2 aliphatic rings. The Morgan fingerprint density at radius 2 is 1.53 bits per heavy atom. The highest BCUT2D eigenvalue weighted by atomic mass is 16.2. The highest BCUT2D eigenvalue weighted by Gasteiger charge is 2.23. The van der Waals surface area contributed by atoms with E-state index < -0.39 is 0 Å². The Morgan fingerprint density at radius 1 is 0.867 bits per heavy atom. The average molecular weight is 412 g/mol. The molecule has 162 valence electrons. The molecule has 0 bridgehead atoms.